The highest BCUT2D eigenvalue weighted by molar-refractivity contribution is 6.10. The van der Waals surface area contributed by atoms with E-state index in [0.29, 0.717) is 27.8 Å². The van der Waals surface area contributed by atoms with Crippen LogP contribution in [0.1, 0.15) is 32.0 Å². The number of rotatable bonds is 8. The molecule has 7 nitrogen and oxygen atoms in total. The molecular weight excluding hydrogens is 511 g/mol. The molecule has 0 spiro atoms. The SMILES string of the molecule is C=CC(=O)Nc1cc(CC(=O)c2cccc3c(Oc4ccnc(C(=O)NC)c4)cccc23)ccc1C(F)(F)F. The molecule has 10 heteroatoms. The van der Waals surface area contributed by atoms with Gasteiger partial charge in [0.2, 0.25) is 5.91 Å². The molecule has 0 radical (unpaired) electrons. The Morgan fingerprint density at radius 1 is 1.00 bits per heavy atom. The molecule has 2 amide bonds. The van der Waals surface area contributed by atoms with Crippen molar-refractivity contribution in [3.05, 3.63) is 108 Å². The molecule has 4 rings (SSSR count). The Hall–Kier alpha value is -4.99. The van der Waals surface area contributed by atoms with Gasteiger partial charge in [-0.25, -0.2) is 0 Å². The number of Topliss-reactive ketones (excluding diaryl/α,β-unsaturated/α-hetero) is 1. The minimum Gasteiger partial charge on any atom is -0.457 e. The number of halogens is 3. The Morgan fingerprint density at radius 2 is 1.74 bits per heavy atom. The van der Waals surface area contributed by atoms with Crippen molar-refractivity contribution in [2.45, 2.75) is 12.6 Å². The van der Waals surface area contributed by atoms with Gasteiger partial charge in [0.15, 0.2) is 5.78 Å². The Bertz CT molecular complexity index is 1600. The van der Waals surface area contributed by atoms with Gasteiger partial charge >= 0.3 is 6.18 Å². The number of aromatic nitrogens is 1. The van der Waals surface area contributed by atoms with Crippen LogP contribution in [0, 0.1) is 0 Å². The number of anilines is 1. The summed E-state index contributed by atoms with van der Waals surface area (Å²) in [5.74, 6) is -0.722. The molecule has 0 bridgehead atoms. The van der Waals surface area contributed by atoms with Crippen molar-refractivity contribution < 1.29 is 32.3 Å². The third-order valence-electron chi connectivity index (χ3n) is 5.80. The monoisotopic (exact) mass is 533 g/mol. The van der Waals surface area contributed by atoms with Gasteiger partial charge in [-0.1, -0.05) is 43.0 Å². The van der Waals surface area contributed by atoms with Gasteiger partial charge in [-0.05, 0) is 41.3 Å². The Labute approximate surface area is 221 Å². The van der Waals surface area contributed by atoms with Crippen LogP contribution in [0.4, 0.5) is 18.9 Å². The molecule has 4 aromatic rings. The van der Waals surface area contributed by atoms with Crippen molar-refractivity contribution in [2.75, 3.05) is 12.4 Å². The number of ketones is 1. The highest BCUT2D eigenvalue weighted by Crippen LogP contribution is 2.36. The summed E-state index contributed by atoms with van der Waals surface area (Å²) >= 11 is 0. The normalized spacial score (nSPS) is 11.1. The van der Waals surface area contributed by atoms with Gasteiger partial charge in [-0.3, -0.25) is 19.4 Å². The number of alkyl halides is 3. The number of carbonyl (C=O) groups excluding carboxylic acids is 3. The maximum Gasteiger partial charge on any atom is 0.418 e. The topological polar surface area (TPSA) is 97.4 Å². The van der Waals surface area contributed by atoms with E-state index in [1.807, 2.05) is 0 Å². The molecule has 0 aliphatic heterocycles. The molecule has 3 aromatic carbocycles. The zero-order valence-electron chi connectivity index (χ0n) is 20.6. The summed E-state index contributed by atoms with van der Waals surface area (Å²) < 4.78 is 46.3. The first-order chi connectivity index (χ1) is 18.6. The maximum absolute atomic E-state index is 13.4. The quantitative estimate of drug-likeness (QED) is 0.215. The van der Waals surface area contributed by atoms with Crippen molar-refractivity contribution in [3.63, 3.8) is 0 Å². The van der Waals surface area contributed by atoms with Crippen LogP contribution in [-0.2, 0) is 17.4 Å². The Morgan fingerprint density at radius 3 is 2.46 bits per heavy atom. The fraction of sp³-hybridized carbons (Fsp3) is 0.103. The van der Waals surface area contributed by atoms with Crippen LogP contribution in [0.3, 0.4) is 0 Å². The smallest absolute Gasteiger partial charge is 0.418 e. The van der Waals surface area contributed by atoms with Crippen LogP contribution in [0.25, 0.3) is 10.8 Å². The fourth-order valence-corrected chi connectivity index (χ4v) is 3.98. The average molecular weight is 534 g/mol. The predicted molar refractivity (Wildman–Crippen MR) is 140 cm³/mol. The van der Waals surface area contributed by atoms with Gasteiger partial charge in [0.05, 0.1) is 11.3 Å². The molecule has 0 saturated carbocycles. The van der Waals surface area contributed by atoms with Gasteiger partial charge in [-0.15, -0.1) is 0 Å². The standard InChI is InChI=1S/C29H22F3N3O4/c1-3-27(37)35-23-14-17(10-11-22(23)29(30,31)32)15-25(36)20-7-4-8-21-19(20)6-5-9-26(21)39-18-12-13-34-24(16-18)28(38)33-2/h3-14,16H,1,15H2,2H3,(H,33,38)(H,35,37). The third-order valence-corrected chi connectivity index (χ3v) is 5.80. The number of benzene rings is 3. The molecule has 0 aliphatic rings. The highest BCUT2D eigenvalue weighted by atomic mass is 19.4. The summed E-state index contributed by atoms with van der Waals surface area (Å²) in [5.41, 5.74) is -0.687. The highest BCUT2D eigenvalue weighted by Gasteiger charge is 2.34. The van der Waals surface area contributed by atoms with E-state index < -0.39 is 23.3 Å². The largest absolute Gasteiger partial charge is 0.457 e. The number of nitrogens with one attached hydrogen (secondary N) is 2. The lowest BCUT2D eigenvalue weighted by Crippen LogP contribution is -2.18. The first kappa shape index (κ1) is 27.1. The van der Waals surface area contributed by atoms with E-state index in [-0.39, 0.29) is 29.4 Å². The summed E-state index contributed by atoms with van der Waals surface area (Å²) in [4.78, 5) is 40.9. The van der Waals surface area contributed by atoms with Gasteiger partial charge in [0.25, 0.3) is 5.91 Å². The number of hydrogen-bond acceptors (Lipinski definition) is 5. The second-order valence-electron chi connectivity index (χ2n) is 8.39. The molecule has 0 saturated heterocycles. The van der Waals surface area contributed by atoms with E-state index in [0.717, 1.165) is 18.2 Å². The maximum atomic E-state index is 13.4. The summed E-state index contributed by atoms with van der Waals surface area (Å²) in [6.45, 7) is 3.26. The average Bonchev–Trinajstić information content (AvgIpc) is 2.92. The van der Waals surface area contributed by atoms with E-state index in [2.05, 4.69) is 22.2 Å². The molecule has 1 heterocycles. The van der Waals surface area contributed by atoms with Gasteiger partial charge in [0.1, 0.15) is 17.2 Å². The molecule has 0 atom stereocenters. The minimum absolute atomic E-state index is 0.172. The molecule has 2 N–H and O–H groups in total. The molecule has 0 fully saturated rings. The number of amides is 2. The van der Waals surface area contributed by atoms with E-state index in [9.17, 15) is 27.6 Å². The van der Waals surface area contributed by atoms with E-state index >= 15 is 0 Å². The summed E-state index contributed by atoms with van der Waals surface area (Å²) in [5, 5.41) is 5.85. The molecule has 0 aliphatic carbocycles. The summed E-state index contributed by atoms with van der Waals surface area (Å²) in [6.07, 6.45) is -2.61. The molecule has 1 aromatic heterocycles. The van der Waals surface area contributed by atoms with Gasteiger partial charge < -0.3 is 15.4 Å². The zero-order chi connectivity index (χ0) is 28.2. The number of nitrogens with zero attached hydrogens (tertiary/aromatic N) is 1. The molecule has 39 heavy (non-hydrogen) atoms. The first-order valence-electron chi connectivity index (χ1n) is 11.6. The van der Waals surface area contributed by atoms with Gasteiger partial charge in [0, 0.05) is 36.7 Å². The van der Waals surface area contributed by atoms with Crippen molar-refractivity contribution in [2.24, 2.45) is 0 Å². The molecular formula is C29H22F3N3O4. The minimum atomic E-state index is -4.70. The first-order valence-corrected chi connectivity index (χ1v) is 11.6. The van der Waals surface area contributed by atoms with Crippen LogP contribution in [0.2, 0.25) is 0 Å². The number of carbonyl (C=O) groups is 3. The lowest BCUT2D eigenvalue weighted by Gasteiger charge is -2.15. The van der Waals surface area contributed by atoms with Crippen molar-refractivity contribution in [1.82, 2.24) is 10.3 Å². The third kappa shape index (κ3) is 6.12. The zero-order valence-corrected chi connectivity index (χ0v) is 20.6. The number of pyridine rings is 1. The van der Waals surface area contributed by atoms with Crippen molar-refractivity contribution in [1.29, 1.82) is 0 Å². The lowest BCUT2D eigenvalue weighted by atomic mass is 9.96. The number of hydrogen-bond donors (Lipinski definition) is 2. The van der Waals surface area contributed by atoms with Crippen LogP contribution in [-0.4, -0.2) is 29.6 Å². The second kappa shape index (κ2) is 11.2. The van der Waals surface area contributed by atoms with Crippen molar-refractivity contribution in [3.8, 4) is 11.5 Å². The van der Waals surface area contributed by atoms with Crippen LogP contribution in [0.15, 0.2) is 85.6 Å². The summed E-state index contributed by atoms with van der Waals surface area (Å²) in [6, 6.07) is 16.5. The van der Waals surface area contributed by atoms with Crippen LogP contribution >= 0.6 is 0 Å². The van der Waals surface area contributed by atoms with Crippen LogP contribution < -0.4 is 15.4 Å². The van der Waals surface area contributed by atoms with E-state index in [4.69, 9.17) is 4.74 Å². The summed E-state index contributed by atoms with van der Waals surface area (Å²) in [7, 11) is 1.49. The number of ether oxygens (including phenoxy) is 1. The predicted octanol–water partition coefficient (Wildman–Crippen LogP) is 5.96. The fourth-order valence-electron chi connectivity index (χ4n) is 3.98. The van der Waals surface area contributed by atoms with Crippen molar-refractivity contribution >= 4 is 34.1 Å². The molecule has 198 valence electrons. The lowest BCUT2D eigenvalue weighted by molar-refractivity contribution is -0.137. The van der Waals surface area contributed by atoms with Gasteiger partial charge in [-0.2, -0.15) is 13.2 Å². The Kier molecular flexibility index (Phi) is 7.75. The Balaban J connectivity index is 1.65. The van der Waals surface area contributed by atoms with Crippen LogP contribution in [0.5, 0.6) is 11.5 Å². The van der Waals surface area contributed by atoms with E-state index in [1.54, 1.807) is 42.5 Å². The van der Waals surface area contributed by atoms with E-state index in [1.165, 1.54) is 25.4 Å². The second-order valence-corrected chi connectivity index (χ2v) is 8.39. The number of fused-ring (bicyclic) bond motifs is 1. The molecule has 0 unspecified atom stereocenters.